The molecule has 1 heterocycles. The van der Waals surface area contributed by atoms with Crippen molar-refractivity contribution >= 4 is 11.6 Å². The molecule has 0 N–H and O–H groups in total. The van der Waals surface area contributed by atoms with Crippen LogP contribution in [-0.2, 0) is 0 Å². The van der Waals surface area contributed by atoms with Gasteiger partial charge in [0, 0.05) is 25.2 Å². The van der Waals surface area contributed by atoms with Crippen molar-refractivity contribution in [3.8, 4) is 17.3 Å². The summed E-state index contributed by atoms with van der Waals surface area (Å²) in [5, 5.41) is 9.11. The Morgan fingerprint density at radius 1 is 1.11 bits per heavy atom. The van der Waals surface area contributed by atoms with E-state index in [2.05, 4.69) is 9.97 Å². The Kier molecular flexibility index (Phi) is 2.32. The lowest BCUT2D eigenvalue weighted by Crippen LogP contribution is -2.15. The summed E-state index contributed by atoms with van der Waals surface area (Å²) >= 11 is 0. The molecule has 19 heavy (non-hydrogen) atoms. The fraction of sp³-hybridized carbons (Fsp3) is 0.143. The third kappa shape index (κ3) is 1.50. The van der Waals surface area contributed by atoms with E-state index < -0.39 is 0 Å². The van der Waals surface area contributed by atoms with E-state index in [0.29, 0.717) is 17.1 Å². The first-order chi connectivity index (χ1) is 9.13. The highest BCUT2D eigenvalue weighted by molar-refractivity contribution is 6.19. The number of hydrogen-bond donors (Lipinski definition) is 0. The predicted molar refractivity (Wildman–Crippen MR) is 69.9 cm³/mol. The first kappa shape index (κ1) is 11.4. The van der Waals surface area contributed by atoms with Crippen molar-refractivity contribution in [3.63, 3.8) is 0 Å². The molecule has 0 saturated carbocycles. The van der Waals surface area contributed by atoms with E-state index in [0.717, 1.165) is 5.56 Å². The number of benzene rings is 1. The summed E-state index contributed by atoms with van der Waals surface area (Å²) in [4.78, 5) is 22.5. The van der Waals surface area contributed by atoms with Crippen molar-refractivity contribution in [2.75, 3.05) is 19.0 Å². The smallest absolute Gasteiger partial charge is 0.214 e. The van der Waals surface area contributed by atoms with Gasteiger partial charge in [0.05, 0.1) is 0 Å². The van der Waals surface area contributed by atoms with E-state index in [4.69, 9.17) is 5.26 Å². The summed E-state index contributed by atoms with van der Waals surface area (Å²) in [6, 6.07) is 9.25. The number of fused-ring (bicyclic) bond motifs is 3. The molecule has 5 nitrogen and oxygen atoms in total. The summed E-state index contributed by atoms with van der Waals surface area (Å²) in [5.74, 6) is 0.311. The van der Waals surface area contributed by atoms with Crippen LogP contribution in [0.2, 0.25) is 0 Å². The molecule has 0 atom stereocenters. The number of carbonyl (C=O) groups excluding carboxylic acids is 1. The fourth-order valence-electron chi connectivity index (χ4n) is 2.17. The van der Waals surface area contributed by atoms with Crippen molar-refractivity contribution in [1.82, 2.24) is 9.97 Å². The van der Waals surface area contributed by atoms with Gasteiger partial charge in [-0.05, 0) is 0 Å². The quantitative estimate of drug-likeness (QED) is 0.656. The van der Waals surface area contributed by atoms with Crippen LogP contribution >= 0.6 is 0 Å². The maximum Gasteiger partial charge on any atom is 0.214 e. The summed E-state index contributed by atoms with van der Waals surface area (Å²) in [6.45, 7) is 0. The van der Waals surface area contributed by atoms with Gasteiger partial charge in [-0.25, -0.2) is 9.97 Å². The highest BCUT2D eigenvalue weighted by Gasteiger charge is 2.31. The van der Waals surface area contributed by atoms with Crippen molar-refractivity contribution in [1.29, 1.82) is 5.26 Å². The van der Waals surface area contributed by atoms with Crippen molar-refractivity contribution in [2.45, 2.75) is 0 Å². The van der Waals surface area contributed by atoms with Crippen LogP contribution in [0.15, 0.2) is 24.3 Å². The molecule has 0 radical (unpaired) electrons. The number of carbonyl (C=O) groups is 1. The van der Waals surface area contributed by atoms with Crippen LogP contribution in [0.5, 0.6) is 0 Å². The molecule has 0 fully saturated rings. The zero-order valence-corrected chi connectivity index (χ0v) is 10.5. The molecule has 3 rings (SSSR count). The number of aromatic nitrogens is 2. The molecule has 0 spiro atoms. The SMILES string of the molecule is CN(C)c1nc2c(nc1C#N)C(=O)c1ccccc1-2. The summed E-state index contributed by atoms with van der Waals surface area (Å²) in [6.07, 6.45) is 0. The van der Waals surface area contributed by atoms with E-state index in [1.54, 1.807) is 31.1 Å². The molecule has 1 aliphatic carbocycles. The maximum absolute atomic E-state index is 12.2. The number of rotatable bonds is 1. The first-order valence-corrected chi connectivity index (χ1v) is 5.77. The Morgan fingerprint density at radius 3 is 2.42 bits per heavy atom. The second-order valence-corrected chi connectivity index (χ2v) is 4.47. The molecule has 2 aromatic rings. The van der Waals surface area contributed by atoms with Gasteiger partial charge in [-0.1, -0.05) is 24.3 Å². The molecule has 5 heteroatoms. The Labute approximate surface area is 110 Å². The zero-order chi connectivity index (χ0) is 13.6. The summed E-state index contributed by atoms with van der Waals surface area (Å²) in [7, 11) is 3.58. The van der Waals surface area contributed by atoms with Gasteiger partial charge >= 0.3 is 0 Å². The van der Waals surface area contributed by atoms with Crippen molar-refractivity contribution in [2.24, 2.45) is 0 Å². The maximum atomic E-state index is 12.2. The Bertz CT molecular complexity index is 744. The fourth-order valence-corrected chi connectivity index (χ4v) is 2.17. The highest BCUT2D eigenvalue weighted by Crippen LogP contribution is 2.35. The van der Waals surface area contributed by atoms with Crippen LogP contribution in [0.4, 0.5) is 5.82 Å². The van der Waals surface area contributed by atoms with Gasteiger partial charge in [-0.2, -0.15) is 5.26 Å². The van der Waals surface area contributed by atoms with Gasteiger partial charge in [0.2, 0.25) is 5.78 Å². The van der Waals surface area contributed by atoms with Gasteiger partial charge < -0.3 is 4.90 Å². The monoisotopic (exact) mass is 250 g/mol. The normalized spacial score (nSPS) is 11.7. The molecule has 0 unspecified atom stereocenters. The van der Waals surface area contributed by atoms with Gasteiger partial charge in [0.15, 0.2) is 11.5 Å². The molecular weight excluding hydrogens is 240 g/mol. The van der Waals surface area contributed by atoms with Crippen LogP contribution in [0.25, 0.3) is 11.3 Å². The van der Waals surface area contributed by atoms with Crippen molar-refractivity contribution in [3.05, 3.63) is 41.2 Å². The topological polar surface area (TPSA) is 69.9 Å². The number of ketones is 1. The minimum atomic E-state index is -0.167. The van der Waals surface area contributed by atoms with E-state index in [9.17, 15) is 4.79 Å². The van der Waals surface area contributed by atoms with Gasteiger partial charge in [0.25, 0.3) is 0 Å². The molecule has 1 aromatic carbocycles. The number of nitrogens with zero attached hydrogens (tertiary/aromatic N) is 4. The minimum Gasteiger partial charge on any atom is -0.360 e. The van der Waals surface area contributed by atoms with Gasteiger partial charge in [0.1, 0.15) is 17.5 Å². The number of nitriles is 1. The molecule has 0 bridgehead atoms. The van der Waals surface area contributed by atoms with E-state index >= 15 is 0 Å². The Morgan fingerprint density at radius 2 is 1.79 bits per heavy atom. The van der Waals surface area contributed by atoms with Gasteiger partial charge in [-0.3, -0.25) is 4.79 Å². The zero-order valence-electron chi connectivity index (χ0n) is 10.5. The largest absolute Gasteiger partial charge is 0.360 e. The molecule has 0 saturated heterocycles. The minimum absolute atomic E-state index is 0.167. The summed E-state index contributed by atoms with van der Waals surface area (Å²) in [5.41, 5.74) is 2.37. The van der Waals surface area contributed by atoms with E-state index in [-0.39, 0.29) is 17.2 Å². The van der Waals surface area contributed by atoms with Crippen molar-refractivity contribution < 1.29 is 4.79 Å². The van der Waals surface area contributed by atoms with Crippen LogP contribution in [-0.4, -0.2) is 29.8 Å². The molecule has 1 aromatic heterocycles. The molecular formula is C14H10N4O. The Balaban J connectivity index is 2.33. The lowest BCUT2D eigenvalue weighted by Gasteiger charge is -2.13. The molecule has 0 aliphatic heterocycles. The van der Waals surface area contributed by atoms with E-state index in [1.165, 1.54) is 0 Å². The molecule has 92 valence electrons. The molecule has 0 amide bonds. The third-order valence-electron chi connectivity index (χ3n) is 3.05. The summed E-state index contributed by atoms with van der Waals surface area (Å²) < 4.78 is 0. The van der Waals surface area contributed by atoms with Gasteiger partial charge in [-0.15, -0.1) is 0 Å². The second-order valence-electron chi connectivity index (χ2n) is 4.47. The second kappa shape index (κ2) is 3.89. The lowest BCUT2D eigenvalue weighted by atomic mass is 10.1. The van der Waals surface area contributed by atoms with Crippen LogP contribution in [0, 0.1) is 11.3 Å². The third-order valence-corrected chi connectivity index (χ3v) is 3.05. The lowest BCUT2D eigenvalue weighted by molar-refractivity contribution is 0.103. The average Bonchev–Trinajstić information content (AvgIpc) is 2.71. The number of anilines is 1. The van der Waals surface area contributed by atoms with Crippen LogP contribution in [0.1, 0.15) is 21.7 Å². The van der Waals surface area contributed by atoms with Crippen LogP contribution < -0.4 is 4.90 Å². The standard InChI is InChI=1S/C14H10N4O/c1-18(2)14-10(7-15)16-12-11(17-14)8-5-3-4-6-9(8)13(12)19/h3-6H,1-2H3. The predicted octanol–water partition coefficient (Wildman–Crippen LogP) is 1.63. The van der Waals surface area contributed by atoms with Crippen LogP contribution in [0.3, 0.4) is 0 Å². The first-order valence-electron chi connectivity index (χ1n) is 5.77. The highest BCUT2D eigenvalue weighted by atomic mass is 16.1. The average molecular weight is 250 g/mol. The number of hydrogen-bond acceptors (Lipinski definition) is 5. The molecule has 1 aliphatic rings. The van der Waals surface area contributed by atoms with E-state index in [1.807, 2.05) is 18.2 Å². The Hall–Kier alpha value is -2.74.